The molecule has 0 unspecified atom stereocenters. The largest absolute Gasteiger partial charge is 0.497 e. The number of imidazole rings is 1. The van der Waals surface area contributed by atoms with Crippen LogP contribution in [-0.4, -0.2) is 16.7 Å². The van der Waals surface area contributed by atoms with Gasteiger partial charge in [-0.15, -0.1) is 0 Å². The Morgan fingerprint density at radius 3 is 2.65 bits per heavy atom. The van der Waals surface area contributed by atoms with E-state index in [1.54, 1.807) is 7.11 Å². The first-order valence-corrected chi connectivity index (χ1v) is 5.99. The second-order valence-corrected chi connectivity index (χ2v) is 4.08. The van der Waals surface area contributed by atoms with Crippen LogP contribution in [0.5, 0.6) is 5.75 Å². The van der Waals surface area contributed by atoms with Gasteiger partial charge in [0.15, 0.2) is 0 Å². The Kier molecular flexibility index (Phi) is 3.81. The maximum atomic E-state index is 5.14. The van der Waals surface area contributed by atoms with Gasteiger partial charge in [-0.2, -0.15) is 0 Å². The second kappa shape index (κ2) is 5.53. The molecule has 17 heavy (non-hydrogen) atoms. The summed E-state index contributed by atoms with van der Waals surface area (Å²) < 4.78 is 7.28. The summed E-state index contributed by atoms with van der Waals surface area (Å²) >= 11 is 0. The first-order valence-electron chi connectivity index (χ1n) is 5.99. The Balaban J connectivity index is 2.12. The Bertz CT molecular complexity index is 459. The Labute approximate surface area is 102 Å². The highest BCUT2D eigenvalue weighted by molar-refractivity contribution is 5.59. The molecule has 0 aliphatic heterocycles. The third-order valence-electron chi connectivity index (χ3n) is 2.79. The maximum absolute atomic E-state index is 5.14. The van der Waals surface area contributed by atoms with Gasteiger partial charge in [0.1, 0.15) is 5.75 Å². The molecular weight excluding hydrogens is 212 g/mol. The van der Waals surface area contributed by atoms with Crippen molar-refractivity contribution < 1.29 is 4.74 Å². The minimum atomic E-state index is 0.874. The zero-order valence-corrected chi connectivity index (χ0v) is 10.4. The first-order chi connectivity index (χ1) is 8.33. The first kappa shape index (κ1) is 11.7. The summed E-state index contributed by atoms with van der Waals surface area (Å²) in [4.78, 5) is 4.42. The van der Waals surface area contributed by atoms with E-state index in [-0.39, 0.29) is 0 Å². The van der Waals surface area contributed by atoms with Crippen molar-refractivity contribution in [3.8, 4) is 17.0 Å². The molecule has 0 saturated heterocycles. The number of aryl methyl sites for hydroxylation is 1. The van der Waals surface area contributed by atoms with Crippen LogP contribution in [0.25, 0.3) is 11.3 Å². The van der Waals surface area contributed by atoms with Gasteiger partial charge >= 0.3 is 0 Å². The fourth-order valence-corrected chi connectivity index (χ4v) is 1.73. The molecule has 0 N–H and O–H groups in total. The van der Waals surface area contributed by atoms with Crippen LogP contribution in [0.3, 0.4) is 0 Å². The number of nitrogens with zero attached hydrogens (tertiary/aromatic N) is 2. The summed E-state index contributed by atoms with van der Waals surface area (Å²) in [7, 11) is 1.68. The topological polar surface area (TPSA) is 27.1 Å². The number of rotatable bonds is 5. The number of hydrogen-bond acceptors (Lipinski definition) is 2. The Hall–Kier alpha value is -1.77. The molecule has 1 heterocycles. The molecule has 0 saturated carbocycles. The maximum Gasteiger partial charge on any atom is 0.118 e. The van der Waals surface area contributed by atoms with E-state index in [0.29, 0.717) is 0 Å². The zero-order chi connectivity index (χ0) is 12.1. The molecule has 0 aliphatic rings. The molecule has 1 aromatic carbocycles. The number of benzene rings is 1. The highest BCUT2D eigenvalue weighted by atomic mass is 16.5. The lowest BCUT2D eigenvalue weighted by Crippen LogP contribution is -1.92. The molecule has 0 amide bonds. The number of hydrogen-bond donors (Lipinski definition) is 0. The molecule has 0 fully saturated rings. The smallest absolute Gasteiger partial charge is 0.118 e. The van der Waals surface area contributed by atoms with Gasteiger partial charge in [0, 0.05) is 18.3 Å². The molecule has 0 spiro atoms. The summed E-state index contributed by atoms with van der Waals surface area (Å²) in [6, 6.07) is 7.98. The Morgan fingerprint density at radius 2 is 2.00 bits per heavy atom. The van der Waals surface area contributed by atoms with Gasteiger partial charge in [0.2, 0.25) is 0 Å². The number of aromatic nitrogens is 2. The van der Waals surface area contributed by atoms with Crippen LogP contribution < -0.4 is 4.74 Å². The lowest BCUT2D eigenvalue weighted by Gasteiger charge is -2.01. The van der Waals surface area contributed by atoms with Crippen molar-refractivity contribution in [1.82, 2.24) is 9.55 Å². The van der Waals surface area contributed by atoms with Gasteiger partial charge in [-0.3, -0.25) is 0 Å². The molecule has 0 bridgehead atoms. The van der Waals surface area contributed by atoms with Crippen LogP contribution in [0, 0.1) is 0 Å². The summed E-state index contributed by atoms with van der Waals surface area (Å²) in [5, 5.41) is 0. The van der Waals surface area contributed by atoms with E-state index in [4.69, 9.17) is 4.74 Å². The van der Waals surface area contributed by atoms with E-state index in [1.807, 2.05) is 30.6 Å². The highest BCUT2D eigenvalue weighted by Crippen LogP contribution is 2.20. The van der Waals surface area contributed by atoms with Gasteiger partial charge < -0.3 is 9.30 Å². The normalized spacial score (nSPS) is 10.5. The summed E-state index contributed by atoms with van der Waals surface area (Å²) in [6.45, 7) is 3.24. The monoisotopic (exact) mass is 230 g/mol. The van der Waals surface area contributed by atoms with E-state index in [2.05, 4.69) is 22.7 Å². The predicted octanol–water partition coefficient (Wildman–Crippen LogP) is 3.36. The van der Waals surface area contributed by atoms with E-state index in [9.17, 15) is 0 Å². The van der Waals surface area contributed by atoms with Gasteiger partial charge in [0.05, 0.1) is 19.1 Å². The number of unbranched alkanes of at least 4 members (excludes halogenated alkanes) is 1. The van der Waals surface area contributed by atoms with Gasteiger partial charge in [-0.1, -0.05) is 13.3 Å². The molecule has 90 valence electrons. The van der Waals surface area contributed by atoms with Gasteiger partial charge in [-0.25, -0.2) is 4.98 Å². The van der Waals surface area contributed by atoms with Crippen molar-refractivity contribution >= 4 is 0 Å². The van der Waals surface area contributed by atoms with E-state index < -0.39 is 0 Å². The molecule has 0 atom stereocenters. The Morgan fingerprint density at radius 1 is 1.24 bits per heavy atom. The van der Waals surface area contributed by atoms with Crippen molar-refractivity contribution in [2.24, 2.45) is 0 Å². The minimum Gasteiger partial charge on any atom is -0.497 e. The van der Waals surface area contributed by atoms with Crippen LogP contribution >= 0.6 is 0 Å². The average molecular weight is 230 g/mol. The molecule has 2 aromatic rings. The lowest BCUT2D eigenvalue weighted by molar-refractivity contribution is 0.415. The average Bonchev–Trinajstić information content (AvgIpc) is 2.85. The van der Waals surface area contributed by atoms with Crippen LogP contribution in [0.2, 0.25) is 0 Å². The van der Waals surface area contributed by atoms with Crippen molar-refractivity contribution in [2.45, 2.75) is 26.3 Å². The third kappa shape index (κ3) is 2.87. The van der Waals surface area contributed by atoms with Crippen LogP contribution in [-0.2, 0) is 6.54 Å². The standard InChI is InChI=1S/C14H18N2O/c1-3-4-9-16-10-14(15-11-16)12-5-7-13(17-2)8-6-12/h5-8,10-11H,3-4,9H2,1-2H3. The van der Waals surface area contributed by atoms with Crippen molar-refractivity contribution in [1.29, 1.82) is 0 Å². The van der Waals surface area contributed by atoms with Crippen LogP contribution in [0.1, 0.15) is 19.8 Å². The van der Waals surface area contributed by atoms with E-state index in [1.165, 1.54) is 12.8 Å². The molecule has 3 heteroatoms. The fraction of sp³-hybridized carbons (Fsp3) is 0.357. The molecule has 1 aromatic heterocycles. The van der Waals surface area contributed by atoms with Gasteiger partial charge in [0.25, 0.3) is 0 Å². The van der Waals surface area contributed by atoms with Crippen LogP contribution in [0.4, 0.5) is 0 Å². The SMILES string of the molecule is CCCCn1cnc(-c2ccc(OC)cc2)c1. The predicted molar refractivity (Wildman–Crippen MR) is 69.1 cm³/mol. The fourth-order valence-electron chi connectivity index (χ4n) is 1.73. The summed E-state index contributed by atoms with van der Waals surface area (Å²) in [5.74, 6) is 0.874. The van der Waals surface area contributed by atoms with E-state index in [0.717, 1.165) is 23.6 Å². The van der Waals surface area contributed by atoms with Crippen molar-refractivity contribution in [2.75, 3.05) is 7.11 Å². The molecule has 2 rings (SSSR count). The van der Waals surface area contributed by atoms with Gasteiger partial charge in [-0.05, 0) is 30.7 Å². The molecular formula is C14H18N2O. The number of ether oxygens (including phenoxy) is 1. The minimum absolute atomic E-state index is 0.874. The zero-order valence-electron chi connectivity index (χ0n) is 10.4. The molecule has 0 radical (unpaired) electrons. The van der Waals surface area contributed by atoms with E-state index >= 15 is 0 Å². The summed E-state index contributed by atoms with van der Waals surface area (Å²) in [5.41, 5.74) is 2.14. The van der Waals surface area contributed by atoms with Crippen LogP contribution in [0.15, 0.2) is 36.8 Å². The number of methoxy groups -OCH3 is 1. The summed E-state index contributed by atoms with van der Waals surface area (Å²) in [6.07, 6.45) is 6.39. The highest BCUT2D eigenvalue weighted by Gasteiger charge is 2.02. The molecule has 0 aliphatic carbocycles. The lowest BCUT2D eigenvalue weighted by atomic mass is 10.2. The molecule has 3 nitrogen and oxygen atoms in total. The third-order valence-corrected chi connectivity index (χ3v) is 2.79. The van der Waals surface area contributed by atoms with Crippen molar-refractivity contribution in [3.63, 3.8) is 0 Å². The second-order valence-electron chi connectivity index (χ2n) is 4.08. The quantitative estimate of drug-likeness (QED) is 0.787. The van der Waals surface area contributed by atoms with Crippen molar-refractivity contribution in [3.05, 3.63) is 36.8 Å².